The van der Waals surface area contributed by atoms with E-state index < -0.39 is 0 Å². The molecule has 1 amide bonds. The Labute approximate surface area is 122 Å². The molecule has 0 aromatic heterocycles. The highest BCUT2D eigenvalue weighted by atomic mass is 127. The first kappa shape index (κ1) is 14.9. The molecule has 0 radical (unpaired) electrons. The number of aliphatic hydroxyl groups excluding tert-OH is 2. The normalized spacial score (nSPS) is 10.4. The first-order chi connectivity index (χ1) is 8.10. The summed E-state index contributed by atoms with van der Waals surface area (Å²) in [6.45, 7) is 0.219. The predicted octanol–water partition coefficient (Wildman–Crippen LogP) is 1.48. The van der Waals surface area contributed by atoms with E-state index in [2.05, 4.69) is 38.5 Å². The van der Waals surface area contributed by atoms with Crippen molar-refractivity contribution in [3.05, 3.63) is 31.8 Å². The van der Waals surface area contributed by atoms with E-state index in [-0.39, 0.29) is 32.2 Å². The zero-order valence-corrected chi connectivity index (χ0v) is 12.8. The zero-order valence-electron chi connectivity index (χ0n) is 9.07. The monoisotopic (exact) mass is 413 g/mol. The molecule has 0 aliphatic carbocycles. The average Bonchev–Trinajstić information content (AvgIpc) is 2.31. The van der Waals surface area contributed by atoms with E-state index in [1.807, 2.05) is 12.1 Å². The summed E-state index contributed by atoms with van der Waals surface area (Å²) in [4.78, 5) is 13.6. The van der Waals surface area contributed by atoms with E-state index in [9.17, 15) is 4.79 Å². The minimum absolute atomic E-state index is 0.115. The average molecular weight is 414 g/mol. The number of halogens is 2. The summed E-state index contributed by atoms with van der Waals surface area (Å²) >= 11 is 5.41. The van der Waals surface area contributed by atoms with Crippen molar-refractivity contribution in [2.45, 2.75) is 0 Å². The van der Waals surface area contributed by atoms with Gasteiger partial charge in [0.2, 0.25) is 0 Å². The van der Waals surface area contributed by atoms with Crippen molar-refractivity contribution in [1.82, 2.24) is 4.90 Å². The number of hydrogen-bond donors (Lipinski definition) is 2. The number of carbonyl (C=O) groups is 1. The van der Waals surface area contributed by atoms with Crippen LogP contribution in [0.2, 0.25) is 0 Å². The summed E-state index contributed by atoms with van der Waals surface area (Å²) in [5.74, 6) is -0.182. The van der Waals surface area contributed by atoms with Gasteiger partial charge in [-0.1, -0.05) is 15.9 Å². The molecule has 0 atom stereocenters. The van der Waals surface area contributed by atoms with Crippen molar-refractivity contribution in [2.75, 3.05) is 26.3 Å². The molecule has 0 saturated carbocycles. The lowest BCUT2D eigenvalue weighted by molar-refractivity contribution is 0.0683. The Balaban J connectivity index is 2.95. The summed E-state index contributed by atoms with van der Waals surface area (Å²) in [5.41, 5.74) is 0.571. The van der Waals surface area contributed by atoms with Crippen molar-refractivity contribution in [3.63, 3.8) is 0 Å². The highest BCUT2D eigenvalue weighted by molar-refractivity contribution is 14.1. The fourth-order valence-electron chi connectivity index (χ4n) is 1.39. The number of benzene rings is 1. The lowest BCUT2D eigenvalue weighted by Gasteiger charge is -2.21. The van der Waals surface area contributed by atoms with Crippen LogP contribution in [0.3, 0.4) is 0 Å². The molecule has 0 unspecified atom stereocenters. The Kier molecular flexibility index (Phi) is 6.39. The molecule has 0 heterocycles. The van der Waals surface area contributed by atoms with Crippen LogP contribution in [0, 0.1) is 3.57 Å². The smallest absolute Gasteiger partial charge is 0.255 e. The third-order valence-corrected chi connectivity index (χ3v) is 3.62. The van der Waals surface area contributed by atoms with Crippen LogP contribution in [0.4, 0.5) is 0 Å². The molecule has 0 saturated heterocycles. The van der Waals surface area contributed by atoms with Crippen LogP contribution in [0.15, 0.2) is 22.7 Å². The Morgan fingerprint density at radius 2 is 1.88 bits per heavy atom. The Bertz CT molecular complexity index is 394. The molecular formula is C11H13BrINO3. The SMILES string of the molecule is O=C(c1cc(Br)ccc1I)N(CCO)CCO. The molecule has 4 nitrogen and oxygen atoms in total. The molecule has 17 heavy (non-hydrogen) atoms. The van der Waals surface area contributed by atoms with Crippen LogP contribution in [0.5, 0.6) is 0 Å². The lowest BCUT2D eigenvalue weighted by atomic mass is 10.2. The van der Waals surface area contributed by atoms with E-state index >= 15 is 0 Å². The van der Waals surface area contributed by atoms with E-state index in [1.165, 1.54) is 4.90 Å². The lowest BCUT2D eigenvalue weighted by Crippen LogP contribution is -2.36. The third kappa shape index (κ3) is 4.20. The van der Waals surface area contributed by atoms with E-state index in [4.69, 9.17) is 10.2 Å². The second-order valence-corrected chi connectivity index (χ2v) is 5.44. The predicted molar refractivity (Wildman–Crippen MR) is 76.9 cm³/mol. The number of hydrogen-bond acceptors (Lipinski definition) is 3. The number of amides is 1. The van der Waals surface area contributed by atoms with Gasteiger partial charge in [-0.3, -0.25) is 4.79 Å². The van der Waals surface area contributed by atoms with Gasteiger partial charge in [0.25, 0.3) is 5.91 Å². The minimum Gasteiger partial charge on any atom is -0.395 e. The zero-order chi connectivity index (χ0) is 12.8. The molecule has 6 heteroatoms. The molecule has 1 aromatic rings. The second-order valence-electron chi connectivity index (χ2n) is 3.36. The molecule has 0 fully saturated rings. The third-order valence-electron chi connectivity index (χ3n) is 2.19. The first-order valence-corrected chi connectivity index (χ1v) is 6.93. The highest BCUT2D eigenvalue weighted by Gasteiger charge is 2.17. The standard InChI is InChI=1S/C11H13BrINO3/c12-8-1-2-10(13)9(7-8)11(17)14(3-5-15)4-6-16/h1-2,7,15-16H,3-6H2. The van der Waals surface area contributed by atoms with Crippen LogP contribution in [-0.4, -0.2) is 47.3 Å². The maximum absolute atomic E-state index is 12.2. The van der Waals surface area contributed by atoms with Gasteiger partial charge in [0.05, 0.1) is 18.8 Å². The molecule has 1 aromatic carbocycles. The minimum atomic E-state index is -0.182. The van der Waals surface area contributed by atoms with Gasteiger partial charge in [0.15, 0.2) is 0 Å². The summed E-state index contributed by atoms with van der Waals surface area (Å²) in [5, 5.41) is 17.8. The fourth-order valence-corrected chi connectivity index (χ4v) is 2.32. The summed E-state index contributed by atoms with van der Waals surface area (Å²) in [6, 6.07) is 5.45. The maximum atomic E-state index is 12.2. The van der Waals surface area contributed by atoms with Crippen LogP contribution in [0.1, 0.15) is 10.4 Å². The number of aliphatic hydroxyl groups is 2. The van der Waals surface area contributed by atoms with Gasteiger partial charge in [-0.2, -0.15) is 0 Å². The van der Waals surface area contributed by atoms with Crippen LogP contribution < -0.4 is 0 Å². The quantitative estimate of drug-likeness (QED) is 0.719. The largest absolute Gasteiger partial charge is 0.395 e. The van der Waals surface area contributed by atoms with Crippen LogP contribution in [0.25, 0.3) is 0 Å². The van der Waals surface area contributed by atoms with Gasteiger partial charge < -0.3 is 15.1 Å². The number of nitrogens with zero attached hydrogens (tertiary/aromatic N) is 1. The van der Waals surface area contributed by atoms with Crippen molar-refractivity contribution >= 4 is 44.4 Å². The van der Waals surface area contributed by atoms with Crippen molar-refractivity contribution in [2.24, 2.45) is 0 Å². The molecule has 1 rings (SSSR count). The van der Waals surface area contributed by atoms with Crippen LogP contribution in [-0.2, 0) is 0 Å². The fraction of sp³-hybridized carbons (Fsp3) is 0.364. The number of carbonyl (C=O) groups excluding carboxylic acids is 1. The Morgan fingerprint density at radius 1 is 1.29 bits per heavy atom. The Hall–Kier alpha value is -0.180. The van der Waals surface area contributed by atoms with Crippen molar-refractivity contribution in [1.29, 1.82) is 0 Å². The Morgan fingerprint density at radius 3 is 2.41 bits per heavy atom. The maximum Gasteiger partial charge on any atom is 0.255 e. The van der Waals surface area contributed by atoms with Crippen molar-refractivity contribution < 1.29 is 15.0 Å². The van der Waals surface area contributed by atoms with E-state index in [0.29, 0.717) is 5.56 Å². The second kappa shape index (κ2) is 7.30. The van der Waals surface area contributed by atoms with E-state index in [1.54, 1.807) is 6.07 Å². The van der Waals surface area contributed by atoms with Gasteiger partial charge in [0.1, 0.15) is 0 Å². The summed E-state index contributed by atoms with van der Waals surface area (Å²) in [6.07, 6.45) is 0. The molecule has 2 N–H and O–H groups in total. The van der Waals surface area contributed by atoms with Gasteiger partial charge in [-0.15, -0.1) is 0 Å². The summed E-state index contributed by atoms with van der Waals surface area (Å²) in [7, 11) is 0. The molecular weight excluding hydrogens is 401 g/mol. The van der Waals surface area contributed by atoms with Gasteiger partial charge in [0, 0.05) is 21.1 Å². The van der Waals surface area contributed by atoms with E-state index in [0.717, 1.165) is 8.04 Å². The number of rotatable bonds is 5. The van der Waals surface area contributed by atoms with Gasteiger partial charge in [-0.05, 0) is 40.8 Å². The molecule has 0 spiro atoms. The molecule has 0 bridgehead atoms. The first-order valence-electron chi connectivity index (χ1n) is 5.06. The molecule has 0 aliphatic rings. The molecule has 0 aliphatic heterocycles. The van der Waals surface area contributed by atoms with Gasteiger partial charge >= 0.3 is 0 Å². The van der Waals surface area contributed by atoms with Crippen LogP contribution >= 0.6 is 38.5 Å². The summed E-state index contributed by atoms with van der Waals surface area (Å²) < 4.78 is 1.67. The van der Waals surface area contributed by atoms with Crippen molar-refractivity contribution in [3.8, 4) is 0 Å². The topological polar surface area (TPSA) is 60.8 Å². The highest BCUT2D eigenvalue weighted by Crippen LogP contribution is 2.19. The van der Waals surface area contributed by atoms with Gasteiger partial charge in [-0.25, -0.2) is 0 Å². The molecule has 94 valence electrons.